The van der Waals surface area contributed by atoms with E-state index in [0.29, 0.717) is 25.3 Å². The topological polar surface area (TPSA) is 56.6 Å². The second-order valence-corrected chi connectivity index (χ2v) is 5.68. The molecule has 1 aliphatic heterocycles. The van der Waals surface area contributed by atoms with Gasteiger partial charge in [0.1, 0.15) is 0 Å². The molecule has 0 N–H and O–H groups in total. The summed E-state index contributed by atoms with van der Waals surface area (Å²) in [6, 6.07) is 2.13. The monoisotopic (exact) mass is 281 g/mol. The van der Waals surface area contributed by atoms with Crippen LogP contribution in [0.3, 0.4) is 0 Å². The smallest absolute Gasteiger partial charge is 0.222 e. The zero-order chi connectivity index (χ0) is 14.8. The van der Waals surface area contributed by atoms with Crippen LogP contribution in [-0.2, 0) is 9.53 Å². The molecule has 1 aliphatic rings. The van der Waals surface area contributed by atoms with E-state index < -0.39 is 0 Å². The van der Waals surface area contributed by atoms with Crippen molar-refractivity contribution in [2.45, 2.75) is 33.1 Å². The predicted molar refractivity (Wildman–Crippen MR) is 78.1 cm³/mol. The molecule has 114 valence electrons. The van der Waals surface area contributed by atoms with Gasteiger partial charge in [0, 0.05) is 39.1 Å². The highest BCUT2D eigenvalue weighted by Crippen LogP contribution is 2.07. The molecule has 1 amide bonds. The van der Waals surface area contributed by atoms with Crippen molar-refractivity contribution in [3.05, 3.63) is 0 Å². The number of carbonyl (C=O) groups excluding carboxylic acids is 1. The Labute approximate surface area is 122 Å². The van der Waals surface area contributed by atoms with Crippen molar-refractivity contribution in [1.29, 1.82) is 5.26 Å². The van der Waals surface area contributed by atoms with Crippen LogP contribution in [0.1, 0.15) is 33.1 Å². The third-order valence-electron chi connectivity index (χ3n) is 3.57. The lowest BCUT2D eigenvalue weighted by molar-refractivity contribution is -0.131. The summed E-state index contributed by atoms with van der Waals surface area (Å²) in [5.41, 5.74) is 0. The number of hydrogen-bond donors (Lipinski definition) is 0. The molecule has 0 radical (unpaired) electrons. The van der Waals surface area contributed by atoms with Crippen molar-refractivity contribution in [2.75, 3.05) is 45.9 Å². The van der Waals surface area contributed by atoms with E-state index in [1.165, 1.54) is 0 Å². The average Bonchev–Trinajstić information content (AvgIpc) is 2.46. The largest absolute Gasteiger partial charge is 0.379 e. The molecule has 0 unspecified atom stereocenters. The minimum absolute atomic E-state index is 0.183. The molecule has 0 aromatic carbocycles. The number of carbonyl (C=O) groups is 1. The van der Waals surface area contributed by atoms with Gasteiger partial charge in [0.2, 0.25) is 5.91 Å². The molecular weight excluding hydrogens is 254 g/mol. The second-order valence-electron chi connectivity index (χ2n) is 5.68. The van der Waals surface area contributed by atoms with Crippen LogP contribution < -0.4 is 0 Å². The van der Waals surface area contributed by atoms with Gasteiger partial charge >= 0.3 is 0 Å². The number of nitrogens with zero attached hydrogens (tertiary/aromatic N) is 3. The lowest BCUT2D eigenvalue weighted by atomic mass is 10.1. The van der Waals surface area contributed by atoms with E-state index >= 15 is 0 Å². The zero-order valence-electron chi connectivity index (χ0n) is 12.8. The van der Waals surface area contributed by atoms with Gasteiger partial charge in [-0.1, -0.05) is 13.8 Å². The van der Waals surface area contributed by atoms with Crippen molar-refractivity contribution < 1.29 is 9.53 Å². The molecule has 5 nitrogen and oxygen atoms in total. The Morgan fingerprint density at radius 3 is 2.65 bits per heavy atom. The molecule has 0 saturated carbocycles. The summed E-state index contributed by atoms with van der Waals surface area (Å²) in [5, 5.41) is 8.72. The molecule has 0 bridgehead atoms. The normalized spacial score (nSPS) is 16.1. The summed E-state index contributed by atoms with van der Waals surface area (Å²) >= 11 is 0. The molecule has 0 spiro atoms. The van der Waals surface area contributed by atoms with Crippen LogP contribution in [0.2, 0.25) is 0 Å². The summed E-state index contributed by atoms with van der Waals surface area (Å²) in [4.78, 5) is 16.4. The highest BCUT2D eigenvalue weighted by atomic mass is 16.5. The molecular formula is C15H27N3O2. The standard InChI is InChI=1S/C15H27N3O2/c1-14(2)4-5-15(19)18(7-3-6-16)9-8-17-10-12-20-13-11-17/h14H,3-5,7-13H2,1-2H3. The van der Waals surface area contributed by atoms with Crippen LogP contribution in [0.4, 0.5) is 0 Å². The average molecular weight is 281 g/mol. The predicted octanol–water partition coefficient (Wildman–Crippen LogP) is 1.50. The van der Waals surface area contributed by atoms with Crippen molar-refractivity contribution in [3.8, 4) is 6.07 Å². The van der Waals surface area contributed by atoms with Crippen molar-refractivity contribution in [3.63, 3.8) is 0 Å². The van der Waals surface area contributed by atoms with E-state index in [-0.39, 0.29) is 5.91 Å². The van der Waals surface area contributed by atoms with Crippen LogP contribution in [0.15, 0.2) is 0 Å². The molecule has 20 heavy (non-hydrogen) atoms. The summed E-state index contributed by atoms with van der Waals surface area (Å²) in [5.74, 6) is 0.721. The molecule has 5 heteroatoms. The van der Waals surface area contributed by atoms with Gasteiger partial charge in [0.05, 0.1) is 25.7 Å². The molecule has 0 aromatic rings. The first-order chi connectivity index (χ1) is 9.63. The number of morpholine rings is 1. The maximum absolute atomic E-state index is 12.2. The van der Waals surface area contributed by atoms with Gasteiger partial charge in [-0.25, -0.2) is 0 Å². The number of amides is 1. The van der Waals surface area contributed by atoms with Gasteiger partial charge in [0.15, 0.2) is 0 Å². The molecule has 0 atom stereocenters. The van der Waals surface area contributed by atoms with Crippen molar-refractivity contribution in [1.82, 2.24) is 9.80 Å². The summed E-state index contributed by atoms with van der Waals surface area (Å²) in [7, 11) is 0. The second kappa shape index (κ2) is 9.73. The Morgan fingerprint density at radius 1 is 1.35 bits per heavy atom. The Balaban J connectivity index is 2.37. The van der Waals surface area contributed by atoms with Crippen LogP contribution in [0.5, 0.6) is 0 Å². The van der Waals surface area contributed by atoms with E-state index in [0.717, 1.165) is 45.8 Å². The summed E-state index contributed by atoms with van der Waals surface area (Å²) < 4.78 is 5.32. The minimum Gasteiger partial charge on any atom is -0.379 e. The molecule has 0 aromatic heterocycles. The van der Waals surface area contributed by atoms with Gasteiger partial charge in [-0.05, 0) is 12.3 Å². The van der Waals surface area contributed by atoms with Gasteiger partial charge < -0.3 is 9.64 Å². The lowest BCUT2D eigenvalue weighted by Gasteiger charge is -2.30. The van der Waals surface area contributed by atoms with Crippen LogP contribution in [0, 0.1) is 17.2 Å². The van der Waals surface area contributed by atoms with E-state index in [2.05, 4.69) is 24.8 Å². The van der Waals surface area contributed by atoms with Gasteiger partial charge in [-0.15, -0.1) is 0 Å². The van der Waals surface area contributed by atoms with E-state index in [1.807, 2.05) is 4.90 Å². The van der Waals surface area contributed by atoms with Crippen LogP contribution >= 0.6 is 0 Å². The highest BCUT2D eigenvalue weighted by Gasteiger charge is 2.16. The summed E-state index contributed by atoms with van der Waals surface area (Å²) in [6.45, 7) is 9.83. The van der Waals surface area contributed by atoms with Crippen LogP contribution in [-0.4, -0.2) is 61.6 Å². The number of rotatable bonds is 8. The first kappa shape index (κ1) is 16.9. The van der Waals surface area contributed by atoms with E-state index in [9.17, 15) is 4.79 Å². The van der Waals surface area contributed by atoms with E-state index in [1.54, 1.807) is 0 Å². The van der Waals surface area contributed by atoms with Crippen molar-refractivity contribution >= 4 is 5.91 Å². The fourth-order valence-electron chi connectivity index (χ4n) is 2.20. The fourth-order valence-corrected chi connectivity index (χ4v) is 2.20. The first-order valence-electron chi connectivity index (χ1n) is 7.58. The van der Waals surface area contributed by atoms with Crippen molar-refractivity contribution in [2.24, 2.45) is 5.92 Å². The quantitative estimate of drug-likeness (QED) is 0.676. The Bertz CT molecular complexity index is 320. The molecule has 1 heterocycles. The number of hydrogen-bond acceptors (Lipinski definition) is 4. The highest BCUT2D eigenvalue weighted by molar-refractivity contribution is 5.76. The van der Waals surface area contributed by atoms with Gasteiger partial charge in [-0.3, -0.25) is 9.69 Å². The molecule has 1 fully saturated rings. The van der Waals surface area contributed by atoms with Gasteiger partial charge in [-0.2, -0.15) is 5.26 Å². The maximum atomic E-state index is 12.2. The summed E-state index contributed by atoms with van der Waals surface area (Å²) in [6.07, 6.45) is 1.92. The maximum Gasteiger partial charge on any atom is 0.222 e. The van der Waals surface area contributed by atoms with Crippen LogP contribution in [0.25, 0.3) is 0 Å². The molecule has 1 rings (SSSR count). The Hall–Kier alpha value is -1.12. The third-order valence-corrected chi connectivity index (χ3v) is 3.57. The SMILES string of the molecule is CC(C)CCC(=O)N(CCC#N)CCN1CCOCC1. The fraction of sp³-hybridized carbons (Fsp3) is 0.867. The number of ether oxygens (including phenoxy) is 1. The Morgan fingerprint density at radius 2 is 2.05 bits per heavy atom. The van der Waals surface area contributed by atoms with E-state index in [4.69, 9.17) is 10.00 Å². The third kappa shape index (κ3) is 6.88. The Kier molecular flexibility index (Phi) is 8.24. The lowest BCUT2D eigenvalue weighted by Crippen LogP contribution is -2.43. The zero-order valence-corrected chi connectivity index (χ0v) is 12.8. The minimum atomic E-state index is 0.183. The number of nitriles is 1. The molecule has 0 aliphatic carbocycles. The van der Waals surface area contributed by atoms with Gasteiger partial charge in [0.25, 0.3) is 0 Å². The first-order valence-corrected chi connectivity index (χ1v) is 7.58. The molecule has 1 saturated heterocycles.